The maximum absolute atomic E-state index is 15.1. The maximum Gasteiger partial charge on any atom is 0.432 e. The molecule has 1 unspecified atom stereocenters. The van der Waals surface area contributed by atoms with Crippen LogP contribution in [0.3, 0.4) is 0 Å². The van der Waals surface area contributed by atoms with Crippen molar-refractivity contribution in [2.75, 3.05) is 6.61 Å². The first kappa shape index (κ1) is 27.6. The van der Waals surface area contributed by atoms with Crippen LogP contribution in [-0.2, 0) is 12.5 Å². The first-order chi connectivity index (χ1) is 18.4. The Labute approximate surface area is 225 Å². The van der Waals surface area contributed by atoms with Crippen LogP contribution in [0, 0.1) is 46.8 Å². The molecule has 1 aliphatic carbocycles. The lowest BCUT2D eigenvalue weighted by molar-refractivity contribution is -0.189. The molecular formula is C29H24ClF7O2. The molecule has 2 aliphatic rings. The van der Waals surface area contributed by atoms with E-state index in [0.717, 1.165) is 25.7 Å². The van der Waals surface area contributed by atoms with Gasteiger partial charge >= 0.3 is 6.11 Å². The summed E-state index contributed by atoms with van der Waals surface area (Å²) in [6.45, 7) is 2.67. The molecule has 1 saturated carbocycles. The Morgan fingerprint density at radius 2 is 1.41 bits per heavy atom. The Kier molecular flexibility index (Phi) is 7.48. The molecule has 3 aromatic carbocycles. The van der Waals surface area contributed by atoms with Gasteiger partial charge < -0.3 is 9.47 Å². The Morgan fingerprint density at radius 1 is 0.795 bits per heavy atom. The van der Waals surface area contributed by atoms with Crippen molar-refractivity contribution in [3.63, 3.8) is 0 Å². The number of fused-ring (bicyclic) bond motifs is 1. The Bertz CT molecular complexity index is 1360. The second-order valence-electron chi connectivity index (χ2n) is 10.4. The van der Waals surface area contributed by atoms with Crippen molar-refractivity contribution in [3.8, 4) is 22.6 Å². The number of alkyl halides is 2. The quantitative estimate of drug-likeness (QED) is 0.224. The van der Waals surface area contributed by atoms with Gasteiger partial charge in [-0.25, -0.2) is 22.0 Å². The number of benzene rings is 3. The Hall–Kier alpha value is -2.94. The van der Waals surface area contributed by atoms with Gasteiger partial charge in [-0.3, -0.25) is 0 Å². The van der Waals surface area contributed by atoms with Crippen LogP contribution in [0.15, 0.2) is 36.4 Å². The predicted octanol–water partition coefficient (Wildman–Crippen LogP) is 9.21. The molecule has 39 heavy (non-hydrogen) atoms. The van der Waals surface area contributed by atoms with Gasteiger partial charge in [0.05, 0.1) is 6.61 Å². The third-order valence-electron chi connectivity index (χ3n) is 7.66. The highest BCUT2D eigenvalue weighted by atomic mass is 35.5. The molecule has 1 fully saturated rings. The summed E-state index contributed by atoms with van der Waals surface area (Å²) in [6.07, 6.45) is 0.419. The van der Waals surface area contributed by atoms with Crippen molar-refractivity contribution in [1.82, 2.24) is 0 Å². The zero-order valence-electron chi connectivity index (χ0n) is 20.8. The number of hydrogen-bond acceptors (Lipinski definition) is 2. The monoisotopic (exact) mass is 572 g/mol. The largest absolute Gasteiger partial charge is 0.493 e. The molecule has 5 rings (SSSR count). The number of halogens is 8. The second kappa shape index (κ2) is 10.6. The van der Waals surface area contributed by atoms with Gasteiger partial charge in [-0.15, -0.1) is 0 Å². The topological polar surface area (TPSA) is 18.5 Å². The smallest absolute Gasteiger partial charge is 0.432 e. The van der Waals surface area contributed by atoms with Crippen molar-refractivity contribution in [1.29, 1.82) is 0 Å². The van der Waals surface area contributed by atoms with E-state index in [1.165, 1.54) is 12.1 Å². The van der Waals surface area contributed by atoms with E-state index in [2.05, 4.69) is 11.7 Å². The van der Waals surface area contributed by atoms with E-state index >= 15 is 4.39 Å². The zero-order chi connectivity index (χ0) is 28.1. The summed E-state index contributed by atoms with van der Waals surface area (Å²) in [5, 5.41) is -0.956. The van der Waals surface area contributed by atoms with E-state index in [9.17, 15) is 26.3 Å². The molecule has 3 aromatic rings. The summed E-state index contributed by atoms with van der Waals surface area (Å²) < 4.78 is 112. The lowest BCUT2D eigenvalue weighted by Crippen LogP contribution is -2.30. The fraction of sp³-hybridized carbons (Fsp3) is 0.379. The van der Waals surface area contributed by atoms with E-state index in [-0.39, 0.29) is 17.0 Å². The van der Waals surface area contributed by atoms with E-state index in [0.29, 0.717) is 60.4 Å². The average Bonchev–Trinajstić information content (AvgIpc) is 2.86. The molecule has 0 spiro atoms. The number of ether oxygens (including phenoxy) is 2. The van der Waals surface area contributed by atoms with Crippen LogP contribution < -0.4 is 9.47 Å². The first-order valence-electron chi connectivity index (χ1n) is 12.6. The fourth-order valence-corrected chi connectivity index (χ4v) is 5.61. The van der Waals surface area contributed by atoms with E-state index in [4.69, 9.17) is 16.3 Å². The molecule has 1 atom stereocenters. The summed E-state index contributed by atoms with van der Waals surface area (Å²) in [4.78, 5) is 0. The molecule has 0 amide bonds. The van der Waals surface area contributed by atoms with Crippen molar-refractivity contribution < 1.29 is 40.2 Å². The summed E-state index contributed by atoms with van der Waals surface area (Å²) in [5.74, 6) is -6.31. The summed E-state index contributed by atoms with van der Waals surface area (Å²) in [7, 11) is 0. The fourth-order valence-electron chi connectivity index (χ4n) is 5.50. The SMILES string of the molecule is CC1CCC(C2COc3cc(-c4cc(F)c(C(F)(F)Oc5cc(F)c(Cl)c(F)c5)c(F)c4)c(F)cc3C2)CC1. The van der Waals surface area contributed by atoms with Crippen molar-refractivity contribution >= 4 is 11.6 Å². The van der Waals surface area contributed by atoms with Gasteiger partial charge in [0.1, 0.15) is 51.2 Å². The van der Waals surface area contributed by atoms with Crippen molar-refractivity contribution in [3.05, 3.63) is 81.6 Å². The Balaban J connectivity index is 1.40. The number of rotatable bonds is 5. The normalized spacial score (nSPS) is 21.3. The molecule has 0 N–H and O–H groups in total. The first-order valence-corrected chi connectivity index (χ1v) is 13.0. The molecule has 10 heteroatoms. The summed E-state index contributed by atoms with van der Waals surface area (Å²) in [5.41, 5.74) is -1.72. The number of hydrogen-bond donors (Lipinski definition) is 0. The van der Waals surface area contributed by atoms with Crippen molar-refractivity contribution in [2.45, 2.75) is 45.1 Å². The van der Waals surface area contributed by atoms with Gasteiger partial charge in [0.25, 0.3) is 0 Å². The molecule has 0 saturated heterocycles. The van der Waals surface area contributed by atoms with Gasteiger partial charge in [-0.05, 0) is 72.4 Å². The third kappa shape index (κ3) is 5.55. The maximum atomic E-state index is 15.1. The summed E-state index contributed by atoms with van der Waals surface area (Å²) >= 11 is 5.32. The van der Waals surface area contributed by atoms with Crippen LogP contribution in [0.25, 0.3) is 11.1 Å². The van der Waals surface area contributed by atoms with Crippen LogP contribution in [-0.4, -0.2) is 6.61 Å². The van der Waals surface area contributed by atoms with Crippen LogP contribution in [0.4, 0.5) is 30.7 Å². The molecule has 1 aliphatic heterocycles. The highest BCUT2D eigenvalue weighted by Crippen LogP contribution is 2.42. The molecule has 2 nitrogen and oxygen atoms in total. The van der Waals surface area contributed by atoms with Crippen LogP contribution in [0.1, 0.15) is 43.7 Å². The minimum atomic E-state index is -4.66. The summed E-state index contributed by atoms with van der Waals surface area (Å²) in [6, 6.07) is 4.35. The van der Waals surface area contributed by atoms with Crippen LogP contribution >= 0.6 is 11.6 Å². The molecular weight excluding hydrogens is 549 g/mol. The van der Waals surface area contributed by atoms with Gasteiger partial charge in [0.15, 0.2) is 0 Å². The van der Waals surface area contributed by atoms with Gasteiger partial charge in [0, 0.05) is 17.7 Å². The second-order valence-corrected chi connectivity index (χ2v) is 10.7. The van der Waals surface area contributed by atoms with Crippen molar-refractivity contribution in [2.24, 2.45) is 17.8 Å². The van der Waals surface area contributed by atoms with E-state index in [1.807, 2.05) is 0 Å². The average molecular weight is 573 g/mol. The third-order valence-corrected chi connectivity index (χ3v) is 8.02. The minimum absolute atomic E-state index is 0.228. The minimum Gasteiger partial charge on any atom is -0.493 e. The van der Waals surface area contributed by atoms with E-state index < -0.39 is 51.5 Å². The highest BCUT2D eigenvalue weighted by Gasteiger charge is 2.42. The van der Waals surface area contributed by atoms with Gasteiger partial charge in [-0.2, -0.15) is 8.78 Å². The lowest BCUT2D eigenvalue weighted by atomic mass is 9.74. The molecule has 0 radical (unpaired) electrons. The zero-order valence-corrected chi connectivity index (χ0v) is 21.5. The highest BCUT2D eigenvalue weighted by molar-refractivity contribution is 6.30. The van der Waals surface area contributed by atoms with Gasteiger partial charge in [-0.1, -0.05) is 31.4 Å². The van der Waals surface area contributed by atoms with Gasteiger partial charge in [0.2, 0.25) is 0 Å². The standard InChI is InChI=1S/C29H24ClF7O2/c1-14-2-4-15(5-3-14)18-6-17-9-21(31)20(12-26(17)38-13-18)16-7-22(32)27(23(33)8-16)29(36,37)39-19-10-24(34)28(30)25(35)11-19/h7-12,14-15,18H,2-6,13H2,1H3. The molecule has 1 heterocycles. The van der Waals surface area contributed by atoms with Crippen LogP contribution in [0.5, 0.6) is 11.5 Å². The molecule has 208 valence electrons. The molecule has 0 bridgehead atoms. The molecule has 0 aromatic heterocycles. The lowest BCUT2D eigenvalue weighted by Gasteiger charge is -2.35. The van der Waals surface area contributed by atoms with E-state index in [1.54, 1.807) is 0 Å². The predicted molar refractivity (Wildman–Crippen MR) is 131 cm³/mol. The van der Waals surface area contributed by atoms with Crippen LogP contribution in [0.2, 0.25) is 5.02 Å². The Morgan fingerprint density at radius 3 is 2.03 bits per heavy atom.